The van der Waals surface area contributed by atoms with Crippen LogP contribution < -0.4 is 0 Å². The Morgan fingerprint density at radius 3 is 2.67 bits per heavy atom. The third-order valence-electron chi connectivity index (χ3n) is 4.29. The van der Waals surface area contributed by atoms with Gasteiger partial charge in [0.1, 0.15) is 0 Å². The number of nitrogens with zero attached hydrogens (tertiary/aromatic N) is 5. The van der Waals surface area contributed by atoms with Crippen LogP contribution >= 0.6 is 11.8 Å². The molecule has 0 unspecified atom stereocenters. The average Bonchev–Trinajstić information content (AvgIpc) is 2.87. The van der Waals surface area contributed by atoms with E-state index in [0.717, 1.165) is 42.3 Å². The van der Waals surface area contributed by atoms with Crippen molar-refractivity contribution >= 4 is 17.7 Å². The van der Waals surface area contributed by atoms with E-state index >= 15 is 0 Å². The first-order valence-electron chi connectivity index (χ1n) is 8.50. The summed E-state index contributed by atoms with van der Waals surface area (Å²) in [6.45, 7) is 3.85. The van der Waals surface area contributed by atoms with Crippen molar-refractivity contribution in [3.8, 4) is 5.69 Å². The van der Waals surface area contributed by atoms with Crippen LogP contribution in [0.3, 0.4) is 0 Å². The maximum absolute atomic E-state index is 12.3. The van der Waals surface area contributed by atoms with Crippen LogP contribution in [0.1, 0.15) is 37.7 Å². The molecule has 0 N–H and O–H groups in total. The van der Waals surface area contributed by atoms with Gasteiger partial charge < -0.3 is 4.90 Å². The minimum absolute atomic E-state index is 0.249. The van der Waals surface area contributed by atoms with E-state index in [1.807, 2.05) is 36.1 Å². The molecule has 2 heterocycles. The van der Waals surface area contributed by atoms with Crippen molar-refractivity contribution in [2.75, 3.05) is 18.8 Å². The second-order valence-corrected chi connectivity index (χ2v) is 7.12. The van der Waals surface area contributed by atoms with Gasteiger partial charge in [-0.3, -0.25) is 4.79 Å². The summed E-state index contributed by atoms with van der Waals surface area (Å²) in [6.07, 6.45) is 5.27. The van der Waals surface area contributed by atoms with Crippen molar-refractivity contribution in [1.29, 1.82) is 0 Å². The number of carbonyl (C=O) groups is 1. The van der Waals surface area contributed by atoms with E-state index in [1.54, 1.807) is 4.68 Å². The highest BCUT2D eigenvalue weighted by Gasteiger charge is 2.16. The molecule has 1 saturated heterocycles. The fourth-order valence-electron chi connectivity index (χ4n) is 2.93. The fourth-order valence-corrected chi connectivity index (χ4v) is 3.74. The van der Waals surface area contributed by atoms with Crippen LogP contribution in [0, 0.1) is 6.92 Å². The molecule has 128 valence electrons. The number of benzene rings is 1. The molecule has 0 radical (unpaired) electrons. The molecule has 1 aromatic heterocycles. The highest BCUT2D eigenvalue weighted by atomic mass is 32.2. The molecule has 1 amide bonds. The lowest BCUT2D eigenvalue weighted by atomic mass is 10.2. The van der Waals surface area contributed by atoms with Crippen molar-refractivity contribution in [3.05, 3.63) is 29.8 Å². The molecule has 0 aliphatic carbocycles. The SMILES string of the molecule is Cc1ccccc1-n1nnnc1SCCC(=O)N1CCCCCC1. The van der Waals surface area contributed by atoms with Gasteiger partial charge in [0.25, 0.3) is 0 Å². The predicted octanol–water partition coefficient (Wildman–Crippen LogP) is 2.86. The second kappa shape index (κ2) is 8.28. The van der Waals surface area contributed by atoms with E-state index in [-0.39, 0.29) is 5.91 Å². The van der Waals surface area contributed by atoms with Gasteiger partial charge in [-0.05, 0) is 41.8 Å². The Labute approximate surface area is 146 Å². The minimum Gasteiger partial charge on any atom is -0.343 e. The molecule has 0 saturated carbocycles. The van der Waals surface area contributed by atoms with Crippen LogP contribution in [0.2, 0.25) is 0 Å². The standard InChI is InChI=1S/C17H23N5OS/c1-14-8-4-5-9-15(14)22-17(18-19-20-22)24-13-10-16(23)21-11-6-2-3-7-12-21/h4-5,8-9H,2-3,6-7,10-13H2,1H3. The monoisotopic (exact) mass is 345 g/mol. The first-order chi connectivity index (χ1) is 11.8. The molecule has 24 heavy (non-hydrogen) atoms. The summed E-state index contributed by atoms with van der Waals surface area (Å²) in [7, 11) is 0. The van der Waals surface area contributed by atoms with Crippen LogP contribution in [0.4, 0.5) is 0 Å². The van der Waals surface area contributed by atoms with Gasteiger partial charge in [0.15, 0.2) is 0 Å². The zero-order valence-corrected chi connectivity index (χ0v) is 14.8. The minimum atomic E-state index is 0.249. The molecule has 1 aromatic carbocycles. The summed E-state index contributed by atoms with van der Waals surface area (Å²) in [4.78, 5) is 14.4. The fraction of sp³-hybridized carbons (Fsp3) is 0.529. The van der Waals surface area contributed by atoms with Gasteiger partial charge >= 0.3 is 0 Å². The Hall–Kier alpha value is -1.89. The molecular formula is C17H23N5OS. The number of rotatable bonds is 5. The number of aromatic nitrogens is 4. The Bertz CT molecular complexity index is 679. The molecule has 3 rings (SSSR count). The van der Waals surface area contributed by atoms with E-state index in [2.05, 4.69) is 15.5 Å². The molecule has 2 aromatic rings. The van der Waals surface area contributed by atoms with Gasteiger partial charge in [-0.15, -0.1) is 5.10 Å². The van der Waals surface area contributed by atoms with E-state index in [4.69, 9.17) is 0 Å². The van der Waals surface area contributed by atoms with Crippen LogP contribution in [0.5, 0.6) is 0 Å². The quantitative estimate of drug-likeness (QED) is 0.780. The Morgan fingerprint density at radius 2 is 1.92 bits per heavy atom. The van der Waals surface area contributed by atoms with Gasteiger partial charge in [0.05, 0.1) is 5.69 Å². The average molecular weight is 345 g/mol. The summed E-state index contributed by atoms with van der Waals surface area (Å²) >= 11 is 1.53. The third kappa shape index (κ3) is 4.14. The Morgan fingerprint density at radius 1 is 1.17 bits per heavy atom. The van der Waals surface area contributed by atoms with Gasteiger partial charge in [0.2, 0.25) is 11.1 Å². The molecule has 1 aliphatic rings. The number of aryl methyl sites for hydroxylation is 1. The van der Waals surface area contributed by atoms with Gasteiger partial charge in [-0.2, -0.15) is 4.68 Å². The Balaban J connectivity index is 1.57. The molecule has 6 nitrogen and oxygen atoms in total. The lowest BCUT2D eigenvalue weighted by Gasteiger charge is -2.19. The van der Waals surface area contributed by atoms with Gasteiger partial charge in [-0.1, -0.05) is 42.8 Å². The predicted molar refractivity (Wildman–Crippen MR) is 94.3 cm³/mol. The summed E-state index contributed by atoms with van der Waals surface area (Å²) < 4.78 is 1.75. The smallest absolute Gasteiger partial charge is 0.223 e. The maximum Gasteiger partial charge on any atom is 0.223 e. The van der Waals surface area contributed by atoms with Crippen molar-refractivity contribution in [3.63, 3.8) is 0 Å². The number of para-hydroxylation sites is 1. The summed E-state index contributed by atoms with van der Waals surface area (Å²) in [6, 6.07) is 8.00. The van der Waals surface area contributed by atoms with Crippen molar-refractivity contribution in [2.24, 2.45) is 0 Å². The summed E-state index contributed by atoms with van der Waals surface area (Å²) in [5.41, 5.74) is 2.09. The van der Waals surface area contributed by atoms with E-state index in [9.17, 15) is 4.79 Å². The maximum atomic E-state index is 12.3. The van der Waals surface area contributed by atoms with E-state index in [0.29, 0.717) is 12.2 Å². The molecular weight excluding hydrogens is 322 g/mol. The highest BCUT2D eigenvalue weighted by molar-refractivity contribution is 7.99. The third-order valence-corrected chi connectivity index (χ3v) is 5.21. The zero-order chi connectivity index (χ0) is 16.8. The molecule has 1 aliphatic heterocycles. The normalized spacial score (nSPS) is 15.3. The van der Waals surface area contributed by atoms with E-state index < -0.39 is 0 Å². The number of carbonyl (C=O) groups excluding carboxylic acids is 1. The van der Waals surface area contributed by atoms with Crippen LogP contribution in [0.25, 0.3) is 5.69 Å². The molecule has 0 bridgehead atoms. The van der Waals surface area contributed by atoms with Crippen molar-refractivity contribution in [2.45, 2.75) is 44.2 Å². The number of tetrazole rings is 1. The number of amides is 1. The van der Waals surface area contributed by atoms with Crippen LogP contribution in [-0.4, -0.2) is 49.9 Å². The highest BCUT2D eigenvalue weighted by Crippen LogP contribution is 2.21. The van der Waals surface area contributed by atoms with Crippen LogP contribution in [0.15, 0.2) is 29.4 Å². The lowest BCUT2D eigenvalue weighted by Crippen LogP contribution is -2.32. The molecule has 0 spiro atoms. The Kier molecular flexibility index (Phi) is 5.85. The topological polar surface area (TPSA) is 63.9 Å². The number of likely N-dealkylation sites (tertiary alicyclic amines) is 1. The van der Waals surface area contributed by atoms with Crippen LogP contribution in [-0.2, 0) is 4.79 Å². The first-order valence-corrected chi connectivity index (χ1v) is 9.49. The largest absolute Gasteiger partial charge is 0.343 e. The molecule has 0 atom stereocenters. The molecule has 1 fully saturated rings. The van der Waals surface area contributed by atoms with Crippen molar-refractivity contribution in [1.82, 2.24) is 25.1 Å². The first kappa shape index (κ1) is 17.0. The van der Waals surface area contributed by atoms with Gasteiger partial charge in [0, 0.05) is 25.3 Å². The second-order valence-electron chi connectivity index (χ2n) is 6.05. The number of hydrogen-bond acceptors (Lipinski definition) is 5. The lowest BCUT2D eigenvalue weighted by molar-refractivity contribution is -0.130. The van der Waals surface area contributed by atoms with E-state index in [1.165, 1.54) is 24.6 Å². The summed E-state index contributed by atoms with van der Waals surface area (Å²) in [5, 5.41) is 12.7. The summed E-state index contributed by atoms with van der Waals surface area (Å²) in [5.74, 6) is 0.945. The molecule has 7 heteroatoms. The number of hydrogen-bond donors (Lipinski definition) is 0. The zero-order valence-electron chi connectivity index (χ0n) is 14.0. The van der Waals surface area contributed by atoms with Gasteiger partial charge in [-0.25, -0.2) is 0 Å². The van der Waals surface area contributed by atoms with Crippen molar-refractivity contribution < 1.29 is 4.79 Å². The number of thioether (sulfide) groups is 1.